The summed E-state index contributed by atoms with van der Waals surface area (Å²) in [6, 6.07) is 0. The molecule has 2 atom stereocenters. The van der Waals surface area contributed by atoms with Crippen molar-refractivity contribution in [3.05, 3.63) is 72.9 Å². The standard InChI is InChI=1S/C45H78NO8P/c1-3-5-7-9-11-13-15-17-19-20-21-22-24-26-28-30-32-34-36-38-45(48)54-43(42-53-55(49,50)52-40-39-46)41-51-44(47)37-35-33-31-29-27-25-23-18-16-14-12-10-8-6-4-2/h5,7,11,13,17,19,21-22,26,28,32,34,43H,3-4,6,8-10,12,14-16,18,20,23-25,27,29-31,33,35-42,46H2,1-2H3,(H,49,50)/b7-5-,13-11-,19-17-,22-21-,28-26-,34-32+/t43-/m1/s1. The number of quaternary nitrogens is 1. The first-order chi connectivity index (χ1) is 26.8. The predicted molar refractivity (Wildman–Crippen MR) is 225 cm³/mol. The van der Waals surface area contributed by atoms with E-state index in [9.17, 15) is 19.0 Å². The molecule has 0 saturated carbocycles. The van der Waals surface area contributed by atoms with E-state index < -0.39 is 32.5 Å². The number of unbranched alkanes of at least 4 members (excludes halogenated alkanes) is 14. The quantitative estimate of drug-likeness (QED) is 0.0281. The Morgan fingerprint density at radius 2 is 1.00 bits per heavy atom. The molecule has 10 heteroatoms. The lowest BCUT2D eigenvalue weighted by atomic mass is 10.0. The molecule has 0 aliphatic rings. The van der Waals surface area contributed by atoms with Crippen molar-refractivity contribution < 1.29 is 43.3 Å². The Morgan fingerprint density at radius 3 is 1.45 bits per heavy atom. The second-order valence-corrected chi connectivity index (χ2v) is 15.3. The van der Waals surface area contributed by atoms with Crippen LogP contribution >= 0.6 is 7.82 Å². The fourth-order valence-corrected chi connectivity index (χ4v) is 6.26. The van der Waals surface area contributed by atoms with Gasteiger partial charge in [-0.3, -0.25) is 14.2 Å². The van der Waals surface area contributed by atoms with E-state index in [0.717, 1.165) is 57.8 Å². The van der Waals surface area contributed by atoms with Crippen LogP contribution in [0.1, 0.15) is 168 Å². The summed E-state index contributed by atoms with van der Waals surface area (Å²) in [6.45, 7) is 3.73. The zero-order chi connectivity index (χ0) is 40.3. The largest absolute Gasteiger partial charge is 0.756 e. The maximum Gasteiger partial charge on any atom is 0.306 e. The maximum atomic E-state index is 12.5. The van der Waals surface area contributed by atoms with E-state index in [4.69, 9.17) is 18.5 Å². The lowest BCUT2D eigenvalue weighted by molar-refractivity contribution is -0.373. The van der Waals surface area contributed by atoms with Crippen LogP contribution in [-0.4, -0.2) is 44.4 Å². The van der Waals surface area contributed by atoms with Gasteiger partial charge >= 0.3 is 11.9 Å². The number of ether oxygens (including phenoxy) is 2. The summed E-state index contributed by atoms with van der Waals surface area (Å²) in [7, 11) is -4.61. The second kappa shape index (κ2) is 41.1. The summed E-state index contributed by atoms with van der Waals surface area (Å²) in [5.74, 6) is -0.946. The molecule has 0 aromatic carbocycles. The number of phosphoric acid groups is 1. The van der Waals surface area contributed by atoms with Crippen molar-refractivity contribution in [2.75, 3.05) is 26.4 Å². The molecule has 55 heavy (non-hydrogen) atoms. The molecule has 0 aromatic heterocycles. The lowest BCUT2D eigenvalue weighted by Crippen LogP contribution is -2.52. The Bertz CT molecular complexity index is 1130. The van der Waals surface area contributed by atoms with Crippen LogP contribution in [0.25, 0.3) is 0 Å². The van der Waals surface area contributed by atoms with Gasteiger partial charge < -0.3 is 29.1 Å². The van der Waals surface area contributed by atoms with E-state index in [1.54, 1.807) is 0 Å². The monoisotopic (exact) mass is 792 g/mol. The zero-order valence-corrected chi connectivity index (χ0v) is 35.6. The maximum absolute atomic E-state index is 12.5. The highest BCUT2D eigenvalue weighted by molar-refractivity contribution is 7.45. The first-order valence-corrected chi connectivity index (χ1v) is 22.9. The second-order valence-electron chi connectivity index (χ2n) is 13.9. The number of carbonyl (C=O) groups excluding carboxylic acids is 2. The van der Waals surface area contributed by atoms with E-state index in [1.807, 2.05) is 12.2 Å². The highest BCUT2D eigenvalue weighted by Crippen LogP contribution is 2.38. The van der Waals surface area contributed by atoms with Crippen molar-refractivity contribution in [2.24, 2.45) is 0 Å². The topological polar surface area (TPSA) is 139 Å². The van der Waals surface area contributed by atoms with Crippen molar-refractivity contribution >= 4 is 19.8 Å². The molecule has 9 nitrogen and oxygen atoms in total. The van der Waals surface area contributed by atoms with Crippen LogP contribution in [0.4, 0.5) is 0 Å². The summed E-state index contributed by atoms with van der Waals surface area (Å²) in [5, 5.41) is 0. The minimum atomic E-state index is -4.61. The van der Waals surface area contributed by atoms with Gasteiger partial charge in [0.1, 0.15) is 13.2 Å². The molecule has 1 unspecified atom stereocenters. The minimum Gasteiger partial charge on any atom is -0.756 e. The van der Waals surface area contributed by atoms with Crippen LogP contribution in [0.15, 0.2) is 72.9 Å². The molecule has 3 N–H and O–H groups in total. The van der Waals surface area contributed by atoms with Crippen LogP contribution < -0.4 is 10.6 Å². The molecule has 0 saturated heterocycles. The van der Waals surface area contributed by atoms with Crippen molar-refractivity contribution in [3.8, 4) is 0 Å². The smallest absolute Gasteiger partial charge is 0.306 e. The summed E-state index contributed by atoms with van der Waals surface area (Å²) >= 11 is 0. The fraction of sp³-hybridized carbons (Fsp3) is 0.689. The van der Waals surface area contributed by atoms with Crippen LogP contribution in [0, 0.1) is 0 Å². The minimum absolute atomic E-state index is 0.0960. The van der Waals surface area contributed by atoms with E-state index in [1.165, 1.54) is 77.0 Å². The van der Waals surface area contributed by atoms with Crippen molar-refractivity contribution in [1.82, 2.24) is 0 Å². The van der Waals surface area contributed by atoms with E-state index in [2.05, 4.69) is 80.3 Å². The van der Waals surface area contributed by atoms with Crippen LogP contribution in [0.2, 0.25) is 0 Å². The molecule has 0 fully saturated rings. The Morgan fingerprint density at radius 1 is 0.564 bits per heavy atom. The molecular formula is C45H78NO8P. The number of allylic oxidation sites excluding steroid dienone is 12. The van der Waals surface area contributed by atoms with E-state index in [0.29, 0.717) is 6.42 Å². The molecule has 0 amide bonds. The van der Waals surface area contributed by atoms with Crippen molar-refractivity contribution in [2.45, 2.75) is 174 Å². The molecule has 0 aliphatic heterocycles. The number of hydrogen-bond donors (Lipinski definition) is 1. The first kappa shape index (κ1) is 52.5. The van der Waals surface area contributed by atoms with Gasteiger partial charge in [0.15, 0.2) is 6.10 Å². The average Bonchev–Trinajstić information content (AvgIpc) is 3.17. The number of esters is 2. The Hall–Kier alpha value is -2.55. The summed E-state index contributed by atoms with van der Waals surface area (Å²) in [6.07, 6.45) is 49.4. The van der Waals surface area contributed by atoms with Gasteiger partial charge in [0.2, 0.25) is 0 Å². The lowest BCUT2D eigenvalue weighted by Gasteiger charge is -2.25. The van der Waals surface area contributed by atoms with Gasteiger partial charge in [0.05, 0.1) is 13.2 Å². The molecule has 0 rings (SSSR count). The number of phosphoric ester groups is 1. The normalized spacial score (nSPS) is 14.0. The van der Waals surface area contributed by atoms with Crippen LogP contribution in [0.5, 0.6) is 0 Å². The third-order valence-electron chi connectivity index (χ3n) is 8.64. The molecule has 0 bridgehead atoms. The number of hydrogen-bond acceptors (Lipinski definition) is 8. The van der Waals surface area contributed by atoms with Gasteiger partial charge in [-0.15, -0.1) is 0 Å². The molecule has 0 aliphatic carbocycles. The Balaban J connectivity index is 4.30. The Labute approximate surface area is 335 Å². The summed E-state index contributed by atoms with van der Waals surface area (Å²) < 4.78 is 32.4. The predicted octanol–water partition coefficient (Wildman–Crippen LogP) is 10.9. The van der Waals surface area contributed by atoms with Gasteiger partial charge in [-0.25, -0.2) is 0 Å². The van der Waals surface area contributed by atoms with E-state index in [-0.39, 0.29) is 32.6 Å². The fourth-order valence-electron chi connectivity index (χ4n) is 5.49. The van der Waals surface area contributed by atoms with Gasteiger partial charge in [0.25, 0.3) is 7.82 Å². The molecule has 0 heterocycles. The SMILES string of the molecule is CC/C=C\C/C=C\C/C=C\C/C=C\C/C=C\C/C=C/CCC(=O)O[C@H](COC(=O)CCCCCCCCCCCCCCCCC)COP(=O)([O-])OCC[NH3+]. The number of carbonyl (C=O) groups is 2. The molecule has 0 radical (unpaired) electrons. The van der Waals surface area contributed by atoms with Gasteiger partial charge in [-0.1, -0.05) is 177 Å². The van der Waals surface area contributed by atoms with Gasteiger partial charge in [0, 0.05) is 12.8 Å². The molecular weight excluding hydrogens is 713 g/mol. The van der Waals surface area contributed by atoms with Gasteiger partial charge in [-0.05, 0) is 51.4 Å². The third kappa shape index (κ3) is 40.9. The van der Waals surface area contributed by atoms with Crippen LogP contribution in [0.3, 0.4) is 0 Å². The Kier molecular flexibility index (Phi) is 39.2. The molecule has 0 aromatic rings. The molecule has 0 spiro atoms. The van der Waals surface area contributed by atoms with Crippen LogP contribution in [-0.2, 0) is 32.7 Å². The number of rotatable bonds is 39. The van der Waals surface area contributed by atoms with Crippen molar-refractivity contribution in [1.29, 1.82) is 0 Å². The van der Waals surface area contributed by atoms with E-state index >= 15 is 0 Å². The zero-order valence-electron chi connectivity index (χ0n) is 34.7. The highest BCUT2D eigenvalue weighted by atomic mass is 31.2. The average molecular weight is 792 g/mol. The highest BCUT2D eigenvalue weighted by Gasteiger charge is 2.21. The summed E-state index contributed by atoms with van der Waals surface area (Å²) in [4.78, 5) is 37.0. The van der Waals surface area contributed by atoms with Crippen molar-refractivity contribution in [3.63, 3.8) is 0 Å². The summed E-state index contributed by atoms with van der Waals surface area (Å²) in [5.41, 5.74) is 3.54. The molecule has 316 valence electrons. The van der Waals surface area contributed by atoms with Gasteiger partial charge in [-0.2, -0.15) is 0 Å². The first-order valence-electron chi connectivity index (χ1n) is 21.5. The third-order valence-corrected chi connectivity index (χ3v) is 9.60.